The van der Waals surface area contributed by atoms with Crippen molar-refractivity contribution in [3.63, 3.8) is 0 Å². The van der Waals surface area contributed by atoms with Crippen molar-refractivity contribution in [3.05, 3.63) is 41.0 Å². The summed E-state index contributed by atoms with van der Waals surface area (Å²) in [6.45, 7) is 6.40. The van der Waals surface area contributed by atoms with Crippen LogP contribution in [-0.2, 0) is 12.8 Å². The minimum Gasteiger partial charge on any atom is -0.491 e. The zero-order valence-corrected chi connectivity index (χ0v) is 15.7. The van der Waals surface area contributed by atoms with Crippen LogP contribution in [0.2, 0.25) is 0 Å². The molecular formula is C20H23N3OS. The fourth-order valence-electron chi connectivity index (χ4n) is 3.40. The van der Waals surface area contributed by atoms with Crippen LogP contribution in [0.4, 0.5) is 11.5 Å². The van der Waals surface area contributed by atoms with Gasteiger partial charge >= 0.3 is 0 Å². The van der Waals surface area contributed by atoms with Crippen LogP contribution in [0.15, 0.2) is 30.6 Å². The number of hydrogen-bond donors (Lipinski definition) is 1. The van der Waals surface area contributed by atoms with Gasteiger partial charge in [-0.3, -0.25) is 0 Å². The van der Waals surface area contributed by atoms with Crippen molar-refractivity contribution in [1.82, 2.24) is 9.97 Å². The van der Waals surface area contributed by atoms with Gasteiger partial charge in [0.25, 0.3) is 0 Å². The van der Waals surface area contributed by atoms with Crippen molar-refractivity contribution < 1.29 is 4.74 Å². The van der Waals surface area contributed by atoms with Gasteiger partial charge in [0.2, 0.25) is 0 Å². The number of ether oxygens (including phenoxy) is 1. The van der Waals surface area contributed by atoms with Gasteiger partial charge in [-0.2, -0.15) is 0 Å². The standard InChI is InChI=1S/C20H23N3OS/c1-12(2)24-15-7-5-14(6-8-15)23-19-18-16-9-4-13(3)10-17(16)25-20(18)22-11-21-19/h5-8,11-13H,4,9-10H2,1-3H3,(H,21,22,23). The van der Waals surface area contributed by atoms with E-state index in [9.17, 15) is 0 Å². The first-order chi connectivity index (χ1) is 12.1. The van der Waals surface area contributed by atoms with Crippen molar-refractivity contribution in [3.8, 4) is 5.75 Å². The molecule has 1 aromatic carbocycles. The number of benzene rings is 1. The molecule has 4 nitrogen and oxygen atoms in total. The first kappa shape index (κ1) is 16.3. The van der Waals surface area contributed by atoms with E-state index in [-0.39, 0.29) is 6.10 Å². The summed E-state index contributed by atoms with van der Waals surface area (Å²) in [6, 6.07) is 8.05. The second-order valence-electron chi connectivity index (χ2n) is 7.07. The Balaban J connectivity index is 1.65. The highest BCUT2D eigenvalue weighted by atomic mass is 32.1. The molecule has 1 N–H and O–H groups in total. The topological polar surface area (TPSA) is 47.0 Å². The Morgan fingerprint density at radius 1 is 1.20 bits per heavy atom. The first-order valence-corrected chi connectivity index (χ1v) is 9.71. The zero-order valence-electron chi connectivity index (χ0n) is 14.9. The van der Waals surface area contributed by atoms with E-state index in [1.165, 1.54) is 22.2 Å². The molecule has 0 amide bonds. The van der Waals surface area contributed by atoms with Crippen LogP contribution in [0.3, 0.4) is 0 Å². The van der Waals surface area contributed by atoms with Gasteiger partial charge in [0, 0.05) is 10.6 Å². The number of thiophene rings is 1. The Labute approximate surface area is 152 Å². The molecule has 0 spiro atoms. The second kappa shape index (κ2) is 6.64. The molecule has 1 aliphatic carbocycles. The summed E-state index contributed by atoms with van der Waals surface area (Å²) in [4.78, 5) is 11.6. The average Bonchev–Trinajstić information content (AvgIpc) is 2.94. The van der Waals surface area contributed by atoms with Crippen LogP contribution in [0.1, 0.15) is 37.6 Å². The predicted octanol–water partition coefficient (Wildman–Crippen LogP) is 5.35. The molecule has 1 aliphatic rings. The van der Waals surface area contributed by atoms with Gasteiger partial charge in [-0.15, -0.1) is 11.3 Å². The molecule has 25 heavy (non-hydrogen) atoms. The predicted molar refractivity (Wildman–Crippen MR) is 104 cm³/mol. The van der Waals surface area contributed by atoms with Gasteiger partial charge < -0.3 is 10.1 Å². The monoisotopic (exact) mass is 353 g/mol. The van der Waals surface area contributed by atoms with Crippen molar-refractivity contribution >= 4 is 33.1 Å². The molecule has 0 radical (unpaired) electrons. The molecule has 4 rings (SSSR count). The van der Waals surface area contributed by atoms with Crippen molar-refractivity contribution in [2.45, 2.75) is 46.1 Å². The van der Waals surface area contributed by atoms with Gasteiger partial charge in [-0.1, -0.05) is 6.92 Å². The molecule has 130 valence electrons. The normalized spacial score (nSPS) is 16.9. The number of nitrogens with one attached hydrogen (secondary N) is 1. The first-order valence-electron chi connectivity index (χ1n) is 8.89. The Morgan fingerprint density at radius 3 is 2.76 bits per heavy atom. The summed E-state index contributed by atoms with van der Waals surface area (Å²) in [7, 11) is 0. The van der Waals surface area contributed by atoms with Gasteiger partial charge in [0.05, 0.1) is 11.5 Å². The number of nitrogens with zero attached hydrogens (tertiary/aromatic N) is 2. The minimum atomic E-state index is 0.181. The van der Waals surface area contributed by atoms with Gasteiger partial charge in [-0.25, -0.2) is 9.97 Å². The maximum atomic E-state index is 5.71. The molecule has 3 aromatic rings. The third kappa shape index (κ3) is 3.33. The fraction of sp³-hybridized carbons (Fsp3) is 0.400. The summed E-state index contributed by atoms with van der Waals surface area (Å²) >= 11 is 1.83. The molecule has 0 fully saturated rings. The molecule has 5 heteroatoms. The van der Waals surface area contributed by atoms with E-state index in [4.69, 9.17) is 4.74 Å². The summed E-state index contributed by atoms with van der Waals surface area (Å²) in [5.74, 6) is 2.56. The van der Waals surface area contributed by atoms with Gasteiger partial charge in [-0.05, 0) is 68.9 Å². The molecule has 1 atom stereocenters. The Hall–Kier alpha value is -2.14. The zero-order chi connectivity index (χ0) is 17.4. The number of fused-ring (bicyclic) bond motifs is 3. The lowest BCUT2D eigenvalue weighted by atomic mass is 9.89. The molecule has 0 saturated heterocycles. The number of rotatable bonds is 4. The number of aryl methyl sites for hydroxylation is 1. The summed E-state index contributed by atoms with van der Waals surface area (Å²) in [5.41, 5.74) is 2.46. The SMILES string of the molecule is CC1CCc2c(sc3ncnc(Nc4ccc(OC(C)C)cc4)c23)C1. The van der Waals surface area contributed by atoms with Crippen LogP contribution in [-0.4, -0.2) is 16.1 Å². The smallest absolute Gasteiger partial charge is 0.142 e. The molecule has 1 unspecified atom stereocenters. The number of anilines is 2. The van der Waals surface area contributed by atoms with Crippen LogP contribution < -0.4 is 10.1 Å². The van der Waals surface area contributed by atoms with Crippen molar-refractivity contribution in [1.29, 1.82) is 0 Å². The third-order valence-corrected chi connectivity index (χ3v) is 5.74. The van der Waals surface area contributed by atoms with Crippen LogP contribution in [0, 0.1) is 5.92 Å². The van der Waals surface area contributed by atoms with Crippen LogP contribution in [0.5, 0.6) is 5.75 Å². The molecule has 2 heterocycles. The lowest BCUT2D eigenvalue weighted by molar-refractivity contribution is 0.242. The second-order valence-corrected chi connectivity index (χ2v) is 8.15. The van der Waals surface area contributed by atoms with E-state index in [0.717, 1.165) is 40.8 Å². The molecule has 0 bridgehead atoms. The molecule has 0 aliphatic heterocycles. The molecule has 0 saturated carbocycles. The van der Waals surface area contributed by atoms with Crippen LogP contribution >= 0.6 is 11.3 Å². The minimum absolute atomic E-state index is 0.181. The lowest BCUT2D eigenvalue weighted by Crippen LogP contribution is -2.09. The Morgan fingerprint density at radius 2 is 2.00 bits per heavy atom. The quantitative estimate of drug-likeness (QED) is 0.687. The average molecular weight is 353 g/mol. The number of aromatic nitrogens is 2. The highest BCUT2D eigenvalue weighted by Gasteiger charge is 2.23. The summed E-state index contributed by atoms with van der Waals surface area (Å²) in [6.07, 6.45) is 5.37. The fourth-order valence-corrected chi connectivity index (χ4v) is 4.75. The third-order valence-electron chi connectivity index (χ3n) is 4.58. The summed E-state index contributed by atoms with van der Waals surface area (Å²) < 4.78 is 5.71. The maximum absolute atomic E-state index is 5.71. The van der Waals surface area contributed by atoms with E-state index in [0.29, 0.717) is 0 Å². The Kier molecular flexibility index (Phi) is 4.34. The van der Waals surface area contributed by atoms with Gasteiger partial charge in [0.1, 0.15) is 22.7 Å². The largest absolute Gasteiger partial charge is 0.491 e. The molecular weight excluding hydrogens is 330 g/mol. The lowest BCUT2D eigenvalue weighted by Gasteiger charge is -2.18. The van der Waals surface area contributed by atoms with E-state index >= 15 is 0 Å². The van der Waals surface area contributed by atoms with Crippen molar-refractivity contribution in [2.24, 2.45) is 5.92 Å². The van der Waals surface area contributed by atoms with Crippen molar-refractivity contribution in [2.75, 3.05) is 5.32 Å². The number of hydrogen-bond acceptors (Lipinski definition) is 5. The summed E-state index contributed by atoms with van der Waals surface area (Å²) in [5, 5.41) is 4.68. The highest BCUT2D eigenvalue weighted by molar-refractivity contribution is 7.19. The Bertz CT molecular complexity index is 886. The highest BCUT2D eigenvalue weighted by Crippen LogP contribution is 2.40. The molecule has 2 aromatic heterocycles. The van der Waals surface area contributed by atoms with E-state index in [2.05, 4.69) is 22.2 Å². The maximum Gasteiger partial charge on any atom is 0.142 e. The van der Waals surface area contributed by atoms with E-state index in [1.807, 2.05) is 49.4 Å². The van der Waals surface area contributed by atoms with E-state index in [1.54, 1.807) is 6.33 Å². The van der Waals surface area contributed by atoms with Crippen LogP contribution in [0.25, 0.3) is 10.2 Å². The van der Waals surface area contributed by atoms with Gasteiger partial charge in [0.15, 0.2) is 0 Å². The van der Waals surface area contributed by atoms with E-state index < -0.39 is 0 Å².